The Morgan fingerprint density at radius 1 is 1.40 bits per heavy atom. The first-order valence-corrected chi connectivity index (χ1v) is 6.34. The molecule has 0 saturated carbocycles. The van der Waals surface area contributed by atoms with E-state index < -0.39 is 12.1 Å². The molecule has 1 fully saturated rings. The van der Waals surface area contributed by atoms with Gasteiger partial charge in [-0.15, -0.1) is 0 Å². The SMILES string of the molecule is COC(=O)C1CN(Cc2ccc(C(=O)O)cc2)CCO1. The molecule has 20 heavy (non-hydrogen) atoms. The minimum atomic E-state index is -0.936. The first-order valence-electron chi connectivity index (χ1n) is 6.34. The summed E-state index contributed by atoms with van der Waals surface area (Å²) in [6.45, 7) is 2.34. The number of benzene rings is 1. The number of esters is 1. The van der Waals surface area contributed by atoms with Crippen LogP contribution in [0.15, 0.2) is 24.3 Å². The van der Waals surface area contributed by atoms with Gasteiger partial charge in [0, 0.05) is 19.6 Å². The van der Waals surface area contributed by atoms with Crippen LogP contribution in [-0.2, 0) is 20.8 Å². The molecule has 6 heteroatoms. The zero-order valence-electron chi connectivity index (χ0n) is 11.2. The third kappa shape index (κ3) is 3.55. The smallest absolute Gasteiger partial charge is 0.336 e. The summed E-state index contributed by atoms with van der Waals surface area (Å²) in [5.41, 5.74) is 1.27. The Kier molecular flexibility index (Phi) is 4.70. The van der Waals surface area contributed by atoms with Crippen molar-refractivity contribution in [3.63, 3.8) is 0 Å². The van der Waals surface area contributed by atoms with Gasteiger partial charge in [-0.05, 0) is 17.7 Å². The molecule has 0 bridgehead atoms. The third-order valence-corrected chi connectivity index (χ3v) is 3.22. The Morgan fingerprint density at radius 2 is 2.10 bits per heavy atom. The van der Waals surface area contributed by atoms with Crippen LogP contribution in [-0.4, -0.2) is 54.9 Å². The average molecular weight is 279 g/mol. The lowest BCUT2D eigenvalue weighted by molar-refractivity contribution is -0.160. The van der Waals surface area contributed by atoms with Crippen LogP contribution in [0.5, 0.6) is 0 Å². The molecule has 108 valence electrons. The van der Waals surface area contributed by atoms with Crippen molar-refractivity contribution in [1.82, 2.24) is 4.90 Å². The number of morpholine rings is 1. The summed E-state index contributed by atoms with van der Waals surface area (Å²) in [5, 5.41) is 8.84. The second-order valence-corrected chi connectivity index (χ2v) is 4.62. The molecule has 0 spiro atoms. The maximum atomic E-state index is 11.4. The molecule has 0 amide bonds. The third-order valence-electron chi connectivity index (χ3n) is 3.22. The van der Waals surface area contributed by atoms with Gasteiger partial charge in [0.25, 0.3) is 0 Å². The van der Waals surface area contributed by atoms with Gasteiger partial charge in [0.15, 0.2) is 6.10 Å². The molecular formula is C14H17NO5. The fourth-order valence-electron chi connectivity index (χ4n) is 2.13. The van der Waals surface area contributed by atoms with Crippen LogP contribution >= 0.6 is 0 Å². The summed E-state index contributed by atoms with van der Waals surface area (Å²) >= 11 is 0. The molecular weight excluding hydrogens is 262 g/mol. The topological polar surface area (TPSA) is 76.1 Å². The molecule has 1 saturated heterocycles. The molecule has 6 nitrogen and oxygen atoms in total. The Balaban J connectivity index is 1.95. The van der Waals surface area contributed by atoms with Gasteiger partial charge in [-0.3, -0.25) is 4.90 Å². The van der Waals surface area contributed by atoms with Gasteiger partial charge in [0.1, 0.15) is 0 Å². The van der Waals surface area contributed by atoms with E-state index in [0.717, 1.165) is 12.1 Å². The van der Waals surface area contributed by atoms with Gasteiger partial charge < -0.3 is 14.6 Å². The van der Waals surface area contributed by atoms with Gasteiger partial charge >= 0.3 is 11.9 Å². The molecule has 1 atom stereocenters. The number of nitrogens with zero attached hydrogens (tertiary/aromatic N) is 1. The highest BCUT2D eigenvalue weighted by Crippen LogP contribution is 2.12. The van der Waals surface area contributed by atoms with Crippen molar-refractivity contribution in [2.45, 2.75) is 12.6 Å². The van der Waals surface area contributed by atoms with Gasteiger partial charge in [-0.2, -0.15) is 0 Å². The summed E-state index contributed by atoms with van der Waals surface area (Å²) in [7, 11) is 1.34. The predicted octanol–water partition coefficient (Wildman–Crippen LogP) is 0.759. The molecule has 2 rings (SSSR count). The zero-order valence-corrected chi connectivity index (χ0v) is 11.2. The maximum Gasteiger partial charge on any atom is 0.336 e. The minimum absolute atomic E-state index is 0.267. The summed E-state index contributed by atoms with van der Waals surface area (Å²) in [6, 6.07) is 6.73. The van der Waals surface area contributed by atoms with Crippen LogP contribution in [0.25, 0.3) is 0 Å². The number of rotatable bonds is 4. The molecule has 1 aliphatic heterocycles. The molecule has 1 aromatic carbocycles. The van der Waals surface area contributed by atoms with Crippen LogP contribution in [0.2, 0.25) is 0 Å². The second kappa shape index (κ2) is 6.49. The van der Waals surface area contributed by atoms with E-state index in [1.54, 1.807) is 24.3 Å². The quantitative estimate of drug-likeness (QED) is 0.820. The maximum absolute atomic E-state index is 11.4. The van der Waals surface area contributed by atoms with Gasteiger partial charge in [-0.25, -0.2) is 9.59 Å². The van der Waals surface area contributed by atoms with E-state index in [4.69, 9.17) is 9.84 Å². The van der Waals surface area contributed by atoms with Crippen molar-refractivity contribution in [3.05, 3.63) is 35.4 Å². The van der Waals surface area contributed by atoms with E-state index in [-0.39, 0.29) is 11.5 Å². The number of methoxy groups -OCH3 is 1. The van der Waals surface area contributed by atoms with Crippen LogP contribution < -0.4 is 0 Å². The van der Waals surface area contributed by atoms with Crippen molar-refractivity contribution in [3.8, 4) is 0 Å². The summed E-state index contributed by atoms with van der Waals surface area (Å²) in [6.07, 6.45) is -0.549. The predicted molar refractivity (Wildman–Crippen MR) is 70.4 cm³/mol. The highest BCUT2D eigenvalue weighted by atomic mass is 16.6. The van der Waals surface area contributed by atoms with Gasteiger partial charge in [0.05, 0.1) is 19.3 Å². The lowest BCUT2D eigenvalue weighted by atomic mass is 10.1. The summed E-state index contributed by atoms with van der Waals surface area (Å²) in [5.74, 6) is -1.30. The Morgan fingerprint density at radius 3 is 2.70 bits per heavy atom. The number of aromatic carboxylic acids is 1. The Bertz CT molecular complexity index is 485. The van der Waals surface area contributed by atoms with Crippen molar-refractivity contribution >= 4 is 11.9 Å². The molecule has 1 unspecified atom stereocenters. The second-order valence-electron chi connectivity index (χ2n) is 4.62. The fraction of sp³-hybridized carbons (Fsp3) is 0.429. The molecule has 0 aromatic heterocycles. The largest absolute Gasteiger partial charge is 0.478 e. The lowest BCUT2D eigenvalue weighted by Crippen LogP contribution is -2.46. The van der Waals surface area contributed by atoms with Crippen LogP contribution in [0.4, 0.5) is 0 Å². The molecule has 1 heterocycles. The van der Waals surface area contributed by atoms with Crippen LogP contribution in [0.3, 0.4) is 0 Å². The van der Waals surface area contributed by atoms with Gasteiger partial charge in [-0.1, -0.05) is 12.1 Å². The monoisotopic (exact) mass is 279 g/mol. The standard InChI is InChI=1S/C14H17NO5/c1-19-14(18)12-9-15(6-7-20-12)8-10-2-4-11(5-3-10)13(16)17/h2-5,12H,6-9H2,1H3,(H,16,17). The summed E-state index contributed by atoms with van der Waals surface area (Å²) < 4.78 is 10.0. The fourth-order valence-corrected chi connectivity index (χ4v) is 2.13. The molecule has 0 radical (unpaired) electrons. The number of carboxylic acid groups (broad SMARTS) is 1. The minimum Gasteiger partial charge on any atom is -0.478 e. The lowest BCUT2D eigenvalue weighted by Gasteiger charge is -2.31. The number of carboxylic acids is 1. The average Bonchev–Trinajstić information content (AvgIpc) is 2.47. The Labute approximate surface area is 116 Å². The van der Waals surface area contributed by atoms with Gasteiger partial charge in [0.2, 0.25) is 0 Å². The highest BCUT2D eigenvalue weighted by Gasteiger charge is 2.27. The first-order chi connectivity index (χ1) is 9.60. The van der Waals surface area contributed by atoms with E-state index in [1.807, 2.05) is 0 Å². The number of hydrogen-bond acceptors (Lipinski definition) is 5. The Hall–Kier alpha value is -1.92. The molecule has 1 N–H and O–H groups in total. The van der Waals surface area contributed by atoms with E-state index in [9.17, 15) is 9.59 Å². The van der Waals surface area contributed by atoms with Crippen LogP contribution in [0.1, 0.15) is 15.9 Å². The number of ether oxygens (including phenoxy) is 2. The van der Waals surface area contributed by atoms with Crippen molar-refractivity contribution in [2.75, 3.05) is 26.8 Å². The molecule has 0 aliphatic carbocycles. The molecule has 1 aliphatic rings. The number of carbonyl (C=O) groups is 2. The summed E-state index contributed by atoms with van der Waals surface area (Å²) in [4.78, 5) is 24.3. The number of hydrogen-bond donors (Lipinski definition) is 1. The van der Waals surface area contributed by atoms with E-state index in [2.05, 4.69) is 9.64 Å². The van der Waals surface area contributed by atoms with Crippen LogP contribution in [0, 0.1) is 0 Å². The van der Waals surface area contributed by atoms with E-state index in [1.165, 1.54) is 7.11 Å². The van der Waals surface area contributed by atoms with Crippen molar-refractivity contribution in [2.24, 2.45) is 0 Å². The number of carbonyl (C=O) groups excluding carboxylic acids is 1. The molecule has 1 aromatic rings. The van der Waals surface area contributed by atoms with E-state index in [0.29, 0.717) is 19.7 Å². The first kappa shape index (κ1) is 14.5. The van der Waals surface area contributed by atoms with E-state index >= 15 is 0 Å². The van der Waals surface area contributed by atoms with Crippen molar-refractivity contribution in [1.29, 1.82) is 0 Å². The highest BCUT2D eigenvalue weighted by molar-refractivity contribution is 5.87. The zero-order chi connectivity index (χ0) is 14.5. The normalized spacial score (nSPS) is 19.6. The van der Waals surface area contributed by atoms with Crippen molar-refractivity contribution < 1.29 is 24.2 Å².